The molecule has 0 atom stereocenters. The van der Waals surface area contributed by atoms with Gasteiger partial charge in [-0.25, -0.2) is 0 Å². The molecule has 0 aliphatic rings. The molecule has 0 aromatic heterocycles. The molecule has 0 radical (unpaired) electrons. The summed E-state index contributed by atoms with van der Waals surface area (Å²) in [6, 6.07) is 0. The van der Waals surface area contributed by atoms with Crippen LogP contribution in [0.15, 0.2) is 72.9 Å². The molecule has 0 amide bonds. The fraction of sp³-hybridized carbons (Fsp3) is 0.682. The Morgan fingerprint density at radius 1 is 0.408 bits per heavy atom. The first kappa shape index (κ1) is 47.2. The summed E-state index contributed by atoms with van der Waals surface area (Å²) in [4.78, 5) is 26.0. The zero-order chi connectivity index (χ0) is 35.9. The van der Waals surface area contributed by atoms with E-state index in [1.165, 1.54) is 25.7 Å². The van der Waals surface area contributed by atoms with E-state index in [2.05, 4.69) is 101 Å². The molecule has 0 saturated heterocycles. The van der Waals surface area contributed by atoms with E-state index in [-0.39, 0.29) is 11.9 Å². The van der Waals surface area contributed by atoms with Crippen LogP contribution in [0.2, 0.25) is 8.87 Å². The van der Waals surface area contributed by atoms with Crippen LogP contribution in [0.4, 0.5) is 0 Å². The van der Waals surface area contributed by atoms with E-state index in [4.69, 9.17) is 6.15 Å². The van der Waals surface area contributed by atoms with Gasteiger partial charge in [-0.3, -0.25) is 0 Å². The van der Waals surface area contributed by atoms with Crippen molar-refractivity contribution in [2.75, 3.05) is 0 Å². The van der Waals surface area contributed by atoms with Crippen LogP contribution in [0.1, 0.15) is 182 Å². The normalized spacial score (nSPS) is 12.7. The molecule has 0 heterocycles. The molecule has 0 unspecified atom stereocenters. The topological polar surface area (TPSA) is 52.6 Å². The molecule has 0 rings (SSSR count). The van der Waals surface area contributed by atoms with Crippen LogP contribution < -0.4 is 0 Å². The second-order valence-electron chi connectivity index (χ2n) is 13.3. The average Bonchev–Trinajstić information content (AvgIpc) is 3.09. The average molecular weight is 788 g/mol. The fourth-order valence-electron chi connectivity index (χ4n) is 5.54. The van der Waals surface area contributed by atoms with E-state index >= 15 is 0 Å². The van der Waals surface area contributed by atoms with Crippen molar-refractivity contribution >= 4 is 31.1 Å². The van der Waals surface area contributed by atoms with Crippen molar-refractivity contribution in [2.24, 2.45) is 0 Å². The molecule has 0 aromatic rings. The van der Waals surface area contributed by atoms with Gasteiger partial charge in [0.2, 0.25) is 0 Å². The minimum atomic E-state index is -3.83. The van der Waals surface area contributed by atoms with Crippen molar-refractivity contribution in [3.63, 3.8) is 0 Å². The van der Waals surface area contributed by atoms with Crippen molar-refractivity contribution in [3.05, 3.63) is 72.9 Å². The van der Waals surface area contributed by atoms with Crippen LogP contribution in [0.3, 0.4) is 0 Å². The van der Waals surface area contributed by atoms with Gasteiger partial charge in [-0.15, -0.1) is 0 Å². The van der Waals surface area contributed by atoms with E-state index in [0.29, 0.717) is 12.8 Å². The molecule has 0 spiro atoms. The van der Waals surface area contributed by atoms with Crippen molar-refractivity contribution in [2.45, 2.75) is 191 Å². The quantitative estimate of drug-likeness (QED) is 0.0370. The minimum absolute atomic E-state index is 0.133. The molecular weight excluding hydrogens is 711 g/mol. The number of carbonyl (C=O) groups is 2. The molecule has 0 aromatic carbocycles. The number of rotatable bonds is 34. The summed E-state index contributed by atoms with van der Waals surface area (Å²) in [5.41, 5.74) is 0. The van der Waals surface area contributed by atoms with Crippen LogP contribution in [-0.4, -0.2) is 31.1 Å². The predicted molar refractivity (Wildman–Crippen MR) is 216 cm³/mol. The molecule has 0 fully saturated rings. The van der Waals surface area contributed by atoms with E-state index in [0.717, 1.165) is 124 Å². The summed E-state index contributed by atoms with van der Waals surface area (Å²) in [5, 5.41) is 0. The van der Waals surface area contributed by atoms with E-state index in [9.17, 15) is 9.59 Å². The molecule has 4 nitrogen and oxygen atoms in total. The summed E-state index contributed by atoms with van der Waals surface area (Å²) in [5.74, 6) is -0.266. The van der Waals surface area contributed by atoms with Crippen LogP contribution in [0.5, 0.6) is 0 Å². The van der Waals surface area contributed by atoms with Gasteiger partial charge in [0.15, 0.2) is 0 Å². The summed E-state index contributed by atoms with van der Waals surface area (Å²) >= 11 is -3.83. The summed E-state index contributed by atoms with van der Waals surface area (Å²) in [7, 11) is 0. The van der Waals surface area contributed by atoms with Gasteiger partial charge in [-0.1, -0.05) is 62.5 Å². The maximum atomic E-state index is 13.0. The van der Waals surface area contributed by atoms with Crippen LogP contribution in [0.25, 0.3) is 0 Å². The molecule has 5 heteroatoms. The Morgan fingerprint density at radius 3 is 1.10 bits per heavy atom. The Hall–Kier alpha value is -1.82. The fourth-order valence-corrected chi connectivity index (χ4v) is 15.6. The van der Waals surface area contributed by atoms with E-state index < -0.39 is 19.2 Å². The van der Waals surface area contributed by atoms with Gasteiger partial charge in [0.25, 0.3) is 0 Å². The number of unbranched alkanes of at least 4 members (excludes halogenated alkanes) is 12. The van der Waals surface area contributed by atoms with Gasteiger partial charge in [-0.2, -0.15) is 0 Å². The Morgan fingerprint density at radius 2 is 0.735 bits per heavy atom. The Kier molecular flexibility index (Phi) is 36.0. The van der Waals surface area contributed by atoms with Gasteiger partial charge < -0.3 is 0 Å². The molecule has 0 saturated carbocycles. The van der Waals surface area contributed by atoms with Gasteiger partial charge in [0, 0.05) is 0 Å². The van der Waals surface area contributed by atoms with Crippen molar-refractivity contribution in [1.29, 1.82) is 0 Å². The van der Waals surface area contributed by atoms with Gasteiger partial charge >= 0.3 is 222 Å². The summed E-state index contributed by atoms with van der Waals surface area (Å²) in [6.07, 6.45) is 51.1. The maximum absolute atomic E-state index is 13.0. The number of hydrogen-bond acceptors (Lipinski definition) is 4. The molecule has 0 aliphatic heterocycles. The monoisotopic (exact) mass is 788 g/mol. The molecule has 0 N–H and O–H groups in total. The van der Waals surface area contributed by atoms with E-state index in [1.807, 2.05) is 0 Å². The molecule has 49 heavy (non-hydrogen) atoms. The van der Waals surface area contributed by atoms with E-state index in [1.54, 1.807) is 0 Å². The van der Waals surface area contributed by atoms with Crippen molar-refractivity contribution in [1.82, 2.24) is 0 Å². The number of hydrogen-bond donors (Lipinski definition) is 0. The van der Waals surface area contributed by atoms with Crippen LogP contribution in [0, 0.1) is 0 Å². The SMILES string of the molecule is CC/C=C\C/C=C\C/C=C\CCCCCCCC(=O)[O][Sn]([CH2]CCC)([CH2]CCC)[O]C(=O)CCCCCCC/C=C\C/C=C\C/C=C\CC. The third-order valence-electron chi connectivity index (χ3n) is 8.49. The van der Waals surface area contributed by atoms with Crippen LogP contribution in [-0.2, 0) is 15.7 Å². The van der Waals surface area contributed by atoms with Crippen LogP contribution >= 0.6 is 0 Å². The Balaban J connectivity index is 4.37. The van der Waals surface area contributed by atoms with Gasteiger partial charge in [0.1, 0.15) is 0 Å². The number of carbonyl (C=O) groups excluding carboxylic acids is 2. The minimum Gasteiger partial charge on any atom is -0.0885 e. The Labute approximate surface area is 309 Å². The third-order valence-corrected chi connectivity index (χ3v) is 18.3. The molecule has 0 aliphatic carbocycles. The second kappa shape index (κ2) is 37.4. The smallest absolute Gasteiger partial charge is 0.0885 e. The summed E-state index contributed by atoms with van der Waals surface area (Å²) in [6.45, 7) is 8.63. The Bertz CT molecular complexity index is 867. The predicted octanol–water partition coefficient (Wildman–Crippen LogP) is 14.3. The van der Waals surface area contributed by atoms with Crippen molar-refractivity contribution < 1.29 is 15.7 Å². The standard InChI is InChI=1S/2C18H30O2.2C4H9.Sn/c2*1-2-3-4-5-6-7-8-9-10-11-12-13-14-15-16-17-18(19)20;2*1-3-4-2;/h2*3-4,6-7,9-10H,2,5,8,11-17H2,1H3,(H,19,20);2*1,3-4H2,2H3;/q;;;;+2/p-2/b2*4-3-,7-6-,10-9-;;;. The first-order valence-electron chi connectivity index (χ1n) is 20.4. The van der Waals surface area contributed by atoms with Gasteiger partial charge in [0.05, 0.1) is 0 Å². The summed E-state index contributed by atoms with van der Waals surface area (Å²) < 4.78 is 14.1. The zero-order valence-electron chi connectivity index (χ0n) is 32.4. The first-order valence-corrected chi connectivity index (χ1v) is 26.7. The number of allylic oxidation sites excluding steroid dienone is 12. The second-order valence-corrected chi connectivity index (χ2v) is 22.5. The molecule has 280 valence electrons. The third kappa shape index (κ3) is 33.1. The zero-order valence-corrected chi connectivity index (χ0v) is 35.3. The van der Waals surface area contributed by atoms with Crippen molar-refractivity contribution in [3.8, 4) is 0 Å². The van der Waals surface area contributed by atoms with Gasteiger partial charge in [-0.05, 0) is 25.7 Å². The molecule has 0 bridgehead atoms. The first-order chi connectivity index (χ1) is 24.0. The molecular formula is C44H76O4Sn.